The summed E-state index contributed by atoms with van der Waals surface area (Å²) in [6, 6.07) is 0. The fourth-order valence-corrected chi connectivity index (χ4v) is 7.60. The molecule has 402 valence electrons. The van der Waals surface area contributed by atoms with Gasteiger partial charge in [-0.05, 0) is 116 Å². The fourth-order valence-electron chi connectivity index (χ4n) is 7.60. The third-order valence-electron chi connectivity index (χ3n) is 11.9. The SMILES string of the molecule is CC/C=C\C/C=C\C/C=C\C/C=C\C/C=C\CCCC(=O)OC(COC(=O)CCC/C=C\C/C=C\C/C=C\CCCCCCCC)COC(=O)CCCCCCCCCCCC/C=C\C=C/CCCCC. The molecule has 0 aliphatic heterocycles. The van der Waals surface area contributed by atoms with Crippen LogP contribution in [-0.2, 0) is 28.6 Å². The van der Waals surface area contributed by atoms with Crippen LogP contribution < -0.4 is 0 Å². The number of esters is 3. The predicted octanol–water partition coefficient (Wildman–Crippen LogP) is 19.6. The van der Waals surface area contributed by atoms with Crippen LogP contribution in [0.4, 0.5) is 0 Å². The highest BCUT2D eigenvalue weighted by atomic mass is 16.6. The normalized spacial score (nSPS) is 13.0. The molecule has 0 bridgehead atoms. The Morgan fingerprint density at radius 1 is 0.310 bits per heavy atom. The van der Waals surface area contributed by atoms with E-state index in [2.05, 4.69) is 142 Å². The smallest absolute Gasteiger partial charge is 0.306 e. The third kappa shape index (κ3) is 56.6. The Bertz CT molecular complexity index is 1500. The second-order valence-electron chi connectivity index (χ2n) is 18.8. The van der Waals surface area contributed by atoms with Gasteiger partial charge in [-0.2, -0.15) is 0 Å². The Labute approximate surface area is 437 Å². The molecule has 0 heterocycles. The van der Waals surface area contributed by atoms with Crippen LogP contribution in [0.15, 0.2) is 122 Å². The van der Waals surface area contributed by atoms with Crippen molar-refractivity contribution in [1.29, 1.82) is 0 Å². The molecule has 1 atom stereocenters. The third-order valence-corrected chi connectivity index (χ3v) is 11.9. The lowest BCUT2D eigenvalue weighted by Crippen LogP contribution is -2.30. The van der Waals surface area contributed by atoms with E-state index < -0.39 is 6.10 Å². The number of unbranched alkanes of at least 4 members (excludes halogenated alkanes) is 21. The van der Waals surface area contributed by atoms with Crippen LogP contribution in [-0.4, -0.2) is 37.2 Å². The van der Waals surface area contributed by atoms with E-state index >= 15 is 0 Å². The van der Waals surface area contributed by atoms with Crippen LogP contribution in [0.2, 0.25) is 0 Å². The van der Waals surface area contributed by atoms with Crippen molar-refractivity contribution in [3.8, 4) is 0 Å². The maximum atomic E-state index is 12.8. The maximum absolute atomic E-state index is 12.8. The molecule has 0 aliphatic carbocycles. The zero-order chi connectivity index (χ0) is 51.4. The van der Waals surface area contributed by atoms with E-state index in [1.807, 2.05) is 0 Å². The summed E-state index contributed by atoms with van der Waals surface area (Å²) in [5, 5.41) is 0. The van der Waals surface area contributed by atoms with Gasteiger partial charge in [0.25, 0.3) is 0 Å². The zero-order valence-electron chi connectivity index (χ0n) is 45.9. The van der Waals surface area contributed by atoms with Crippen molar-refractivity contribution in [3.05, 3.63) is 122 Å². The van der Waals surface area contributed by atoms with Gasteiger partial charge >= 0.3 is 17.9 Å². The van der Waals surface area contributed by atoms with Gasteiger partial charge < -0.3 is 14.2 Å². The van der Waals surface area contributed by atoms with Crippen molar-refractivity contribution in [3.63, 3.8) is 0 Å². The molecule has 0 N–H and O–H groups in total. The van der Waals surface area contributed by atoms with Crippen LogP contribution in [0.5, 0.6) is 0 Å². The molecule has 0 aromatic heterocycles. The summed E-state index contributed by atoms with van der Waals surface area (Å²) in [5.41, 5.74) is 0. The number of rotatable bonds is 51. The van der Waals surface area contributed by atoms with Gasteiger partial charge in [0.05, 0.1) is 0 Å². The monoisotopic (exact) mass is 983 g/mol. The van der Waals surface area contributed by atoms with Gasteiger partial charge in [0.15, 0.2) is 6.10 Å². The van der Waals surface area contributed by atoms with Gasteiger partial charge in [-0.25, -0.2) is 0 Å². The summed E-state index contributed by atoms with van der Waals surface area (Å²) in [7, 11) is 0. The van der Waals surface area contributed by atoms with Gasteiger partial charge in [-0.15, -0.1) is 0 Å². The Balaban J connectivity index is 4.55. The van der Waals surface area contributed by atoms with Crippen molar-refractivity contribution in [1.82, 2.24) is 0 Å². The Morgan fingerprint density at radius 2 is 0.606 bits per heavy atom. The molecular formula is C65H106O6. The quantitative estimate of drug-likeness (QED) is 0.0199. The highest BCUT2D eigenvalue weighted by Crippen LogP contribution is 2.14. The zero-order valence-corrected chi connectivity index (χ0v) is 45.9. The van der Waals surface area contributed by atoms with Gasteiger partial charge in [-0.1, -0.05) is 239 Å². The number of carbonyl (C=O) groups excluding carboxylic acids is 3. The molecule has 0 amide bonds. The molecule has 71 heavy (non-hydrogen) atoms. The maximum Gasteiger partial charge on any atom is 0.306 e. The predicted molar refractivity (Wildman–Crippen MR) is 306 cm³/mol. The second kappa shape index (κ2) is 58.4. The summed E-state index contributed by atoms with van der Waals surface area (Å²) in [6.07, 6.45) is 80.6. The van der Waals surface area contributed by atoms with E-state index in [1.165, 1.54) is 122 Å². The van der Waals surface area contributed by atoms with Gasteiger partial charge in [-0.3, -0.25) is 14.4 Å². The van der Waals surface area contributed by atoms with E-state index in [-0.39, 0.29) is 44.0 Å². The summed E-state index contributed by atoms with van der Waals surface area (Å²) in [6.45, 7) is 6.40. The highest BCUT2D eigenvalue weighted by molar-refractivity contribution is 5.71. The summed E-state index contributed by atoms with van der Waals surface area (Å²) >= 11 is 0. The molecule has 0 saturated heterocycles. The largest absolute Gasteiger partial charge is 0.462 e. The van der Waals surface area contributed by atoms with Crippen molar-refractivity contribution >= 4 is 17.9 Å². The van der Waals surface area contributed by atoms with Crippen molar-refractivity contribution in [2.45, 2.75) is 258 Å². The molecule has 1 unspecified atom stereocenters. The van der Waals surface area contributed by atoms with Crippen LogP contribution >= 0.6 is 0 Å². The first kappa shape index (κ1) is 66.8. The molecule has 0 rings (SSSR count). The van der Waals surface area contributed by atoms with Gasteiger partial charge in [0, 0.05) is 19.3 Å². The molecule has 0 aromatic rings. The molecule has 6 heteroatoms. The van der Waals surface area contributed by atoms with E-state index in [1.54, 1.807) is 0 Å². The Kier molecular flexibility index (Phi) is 54.9. The van der Waals surface area contributed by atoms with Crippen LogP contribution in [0.3, 0.4) is 0 Å². The summed E-state index contributed by atoms with van der Waals surface area (Å²) in [5.74, 6) is -1.04. The summed E-state index contributed by atoms with van der Waals surface area (Å²) < 4.78 is 16.8. The molecule has 0 fully saturated rings. The van der Waals surface area contributed by atoms with Crippen LogP contribution in [0, 0.1) is 0 Å². The fraction of sp³-hybridized carbons (Fsp3) is 0.646. The van der Waals surface area contributed by atoms with Crippen LogP contribution in [0.1, 0.15) is 252 Å². The van der Waals surface area contributed by atoms with Crippen molar-refractivity contribution < 1.29 is 28.6 Å². The molecule has 0 aliphatic rings. The van der Waals surface area contributed by atoms with Gasteiger partial charge in [0.2, 0.25) is 0 Å². The average Bonchev–Trinajstić information content (AvgIpc) is 3.37. The topological polar surface area (TPSA) is 78.9 Å². The Morgan fingerprint density at radius 3 is 1.03 bits per heavy atom. The lowest BCUT2D eigenvalue weighted by molar-refractivity contribution is -0.167. The number of hydrogen-bond acceptors (Lipinski definition) is 6. The highest BCUT2D eigenvalue weighted by Gasteiger charge is 2.19. The molecule has 0 radical (unpaired) electrons. The second-order valence-corrected chi connectivity index (χ2v) is 18.8. The average molecular weight is 984 g/mol. The van der Waals surface area contributed by atoms with E-state index in [0.29, 0.717) is 19.3 Å². The minimum absolute atomic E-state index is 0.121. The number of hydrogen-bond donors (Lipinski definition) is 0. The lowest BCUT2D eigenvalue weighted by atomic mass is 10.1. The van der Waals surface area contributed by atoms with Crippen molar-refractivity contribution in [2.75, 3.05) is 13.2 Å². The Hall–Kier alpha value is -4.19. The summed E-state index contributed by atoms with van der Waals surface area (Å²) in [4.78, 5) is 38.1. The van der Waals surface area contributed by atoms with E-state index in [0.717, 1.165) is 77.0 Å². The van der Waals surface area contributed by atoms with E-state index in [4.69, 9.17) is 14.2 Å². The lowest BCUT2D eigenvalue weighted by Gasteiger charge is -2.18. The molecule has 6 nitrogen and oxygen atoms in total. The molecule has 0 saturated carbocycles. The molecule has 0 spiro atoms. The number of carbonyl (C=O) groups is 3. The van der Waals surface area contributed by atoms with Crippen molar-refractivity contribution in [2.24, 2.45) is 0 Å². The minimum Gasteiger partial charge on any atom is -0.462 e. The molecular weight excluding hydrogens is 877 g/mol. The number of ether oxygens (including phenoxy) is 3. The standard InChI is InChI=1S/C65H106O6/c1-4-7-10-13-16-19-22-25-28-31-32-35-37-40-43-46-49-52-55-58-64(67)70-61-62(71-65(68)59-56-53-50-47-44-41-38-34-30-27-24-21-18-15-12-9-6-3)60-69-63(66)57-54-51-48-45-42-39-36-33-29-26-23-20-17-14-11-8-5-2/h9,12,16,18-19,21-22,25-27,29-30,36,38-39,41,45,47-48,50,62H,4-8,10-11,13-15,17,20,23-24,28,31-35,37,40,42-44,46,49,51-61H2,1-3H3/b12-9-,19-16-,21-18-,25-22-,29-26-,30-27-,39-36-,41-38-,48-45-,50-47-. The molecule has 0 aromatic carbocycles. The first-order valence-electron chi connectivity index (χ1n) is 29.1. The van der Waals surface area contributed by atoms with Gasteiger partial charge in [0.1, 0.15) is 13.2 Å². The first-order chi connectivity index (χ1) is 35.0. The number of allylic oxidation sites excluding steroid dienone is 20. The van der Waals surface area contributed by atoms with Crippen LogP contribution in [0.25, 0.3) is 0 Å². The first-order valence-corrected chi connectivity index (χ1v) is 29.1. The minimum atomic E-state index is -0.833. The van der Waals surface area contributed by atoms with E-state index in [9.17, 15) is 14.4 Å².